The Bertz CT molecular complexity index is 1420. The number of benzene rings is 2. The van der Waals surface area contributed by atoms with E-state index in [1.807, 2.05) is 67.1 Å². The van der Waals surface area contributed by atoms with Crippen LogP contribution >= 0.6 is 11.6 Å². The Hall–Kier alpha value is -4.10. The number of hydrogen-bond acceptors (Lipinski definition) is 4. The van der Waals surface area contributed by atoms with Gasteiger partial charge in [-0.1, -0.05) is 29.8 Å². The number of furan rings is 1. The summed E-state index contributed by atoms with van der Waals surface area (Å²) in [4.78, 5) is 13.2. The van der Waals surface area contributed by atoms with Crippen LogP contribution in [0.5, 0.6) is 0 Å². The van der Waals surface area contributed by atoms with Crippen LogP contribution in [0.1, 0.15) is 21.9 Å². The maximum atomic E-state index is 13.2. The van der Waals surface area contributed by atoms with Crippen molar-refractivity contribution in [1.82, 2.24) is 19.6 Å². The standard InChI is InChI=1S/C25H20ClN5O2/c1-16-24(17(2)30(28-16)19-7-4-3-5-8-19)27-25(32)21-15-22(23-9-6-14-33-23)31(29-21)20-12-10-18(26)11-13-20/h3-15H,1-2H3,(H,27,32). The molecule has 0 unspecified atom stereocenters. The number of anilines is 1. The Labute approximate surface area is 195 Å². The number of amides is 1. The van der Waals surface area contributed by atoms with Gasteiger partial charge in [-0.2, -0.15) is 10.2 Å². The molecule has 164 valence electrons. The minimum Gasteiger partial charge on any atom is -0.463 e. The molecule has 1 N–H and O–H groups in total. The number of aromatic nitrogens is 4. The number of para-hydroxylation sites is 1. The highest BCUT2D eigenvalue weighted by molar-refractivity contribution is 6.30. The van der Waals surface area contributed by atoms with Crippen molar-refractivity contribution in [2.45, 2.75) is 13.8 Å². The Kier molecular flexibility index (Phi) is 5.32. The van der Waals surface area contributed by atoms with Crippen molar-refractivity contribution < 1.29 is 9.21 Å². The molecule has 5 aromatic rings. The van der Waals surface area contributed by atoms with Gasteiger partial charge in [-0.15, -0.1) is 0 Å². The van der Waals surface area contributed by atoms with Crippen LogP contribution in [0.15, 0.2) is 83.5 Å². The summed E-state index contributed by atoms with van der Waals surface area (Å²) in [5.41, 5.74) is 4.79. The number of carbonyl (C=O) groups excluding carboxylic acids is 1. The Morgan fingerprint density at radius 2 is 1.64 bits per heavy atom. The van der Waals surface area contributed by atoms with E-state index in [0.717, 1.165) is 17.1 Å². The first-order chi connectivity index (χ1) is 16.0. The quantitative estimate of drug-likeness (QED) is 0.359. The zero-order valence-electron chi connectivity index (χ0n) is 18.0. The fraction of sp³-hybridized carbons (Fsp3) is 0.0800. The van der Waals surface area contributed by atoms with E-state index in [9.17, 15) is 4.79 Å². The molecule has 2 aromatic carbocycles. The van der Waals surface area contributed by atoms with Crippen LogP contribution < -0.4 is 5.32 Å². The Morgan fingerprint density at radius 1 is 0.909 bits per heavy atom. The largest absolute Gasteiger partial charge is 0.463 e. The highest BCUT2D eigenvalue weighted by Crippen LogP contribution is 2.27. The molecule has 8 heteroatoms. The summed E-state index contributed by atoms with van der Waals surface area (Å²) in [5.74, 6) is 0.259. The molecule has 0 saturated carbocycles. The predicted molar refractivity (Wildman–Crippen MR) is 127 cm³/mol. The third kappa shape index (κ3) is 3.94. The molecule has 0 aliphatic rings. The highest BCUT2D eigenvalue weighted by Gasteiger charge is 2.21. The van der Waals surface area contributed by atoms with Gasteiger partial charge < -0.3 is 9.73 Å². The number of rotatable bonds is 5. The van der Waals surface area contributed by atoms with E-state index >= 15 is 0 Å². The van der Waals surface area contributed by atoms with Gasteiger partial charge in [-0.05, 0) is 62.4 Å². The van der Waals surface area contributed by atoms with E-state index in [1.54, 1.807) is 35.2 Å². The Balaban J connectivity index is 1.51. The van der Waals surface area contributed by atoms with E-state index in [-0.39, 0.29) is 11.6 Å². The van der Waals surface area contributed by atoms with E-state index in [4.69, 9.17) is 16.0 Å². The van der Waals surface area contributed by atoms with Crippen LogP contribution in [-0.4, -0.2) is 25.5 Å². The summed E-state index contributed by atoms with van der Waals surface area (Å²) in [7, 11) is 0. The SMILES string of the molecule is Cc1nn(-c2ccccc2)c(C)c1NC(=O)c1cc(-c2ccco2)n(-c2ccc(Cl)cc2)n1. The average molecular weight is 458 g/mol. The maximum absolute atomic E-state index is 13.2. The lowest BCUT2D eigenvalue weighted by atomic mass is 10.2. The lowest BCUT2D eigenvalue weighted by molar-refractivity contribution is 0.102. The van der Waals surface area contributed by atoms with Gasteiger partial charge in [0.25, 0.3) is 5.91 Å². The van der Waals surface area contributed by atoms with Crippen molar-refractivity contribution in [2.24, 2.45) is 0 Å². The van der Waals surface area contributed by atoms with Crippen molar-refractivity contribution in [3.8, 4) is 22.8 Å². The number of hydrogen-bond donors (Lipinski definition) is 1. The zero-order chi connectivity index (χ0) is 22.9. The third-order valence-electron chi connectivity index (χ3n) is 5.32. The molecular formula is C25H20ClN5O2. The number of nitrogens with zero attached hydrogens (tertiary/aromatic N) is 4. The molecule has 0 saturated heterocycles. The lowest BCUT2D eigenvalue weighted by Crippen LogP contribution is -2.14. The Morgan fingerprint density at radius 3 is 2.33 bits per heavy atom. The minimum absolute atomic E-state index is 0.252. The van der Waals surface area contributed by atoms with Crippen LogP contribution in [0, 0.1) is 13.8 Å². The van der Waals surface area contributed by atoms with Gasteiger partial charge in [0.05, 0.1) is 34.7 Å². The second-order valence-corrected chi connectivity index (χ2v) is 7.96. The smallest absolute Gasteiger partial charge is 0.276 e. The van der Waals surface area contributed by atoms with Gasteiger partial charge in [0, 0.05) is 11.1 Å². The second kappa shape index (κ2) is 8.44. The molecule has 5 rings (SSSR count). The molecule has 0 aliphatic heterocycles. The first-order valence-corrected chi connectivity index (χ1v) is 10.7. The molecule has 3 aromatic heterocycles. The molecule has 0 radical (unpaired) electrons. The van der Waals surface area contributed by atoms with Crippen molar-refractivity contribution >= 4 is 23.2 Å². The van der Waals surface area contributed by atoms with Crippen LogP contribution in [0.3, 0.4) is 0 Å². The van der Waals surface area contributed by atoms with Crippen LogP contribution in [-0.2, 0) is 0 Å². The third-order valence-corrected chi connectivity index (χ3v) is 5.57. The maximum Gasteiger partial charge on any atom is 0.276 e. The van der Waals surface area contributed by atoms with Crippen molar-refractivity contribution in [1.29, 1.82) is 0 Å². The molecule has 3 heterocycles. The van der Waals surface area contributed by atoms with E-state index in [0.29, 0.717) is 27.9 Å². The molecular weight excluding hydrogens is 438 g/mol. The van der Waals surface area contributed by atoms with E-state index in [1.165, 1.54) is 0 Å². The topological polar surface area (TPSA) is 77.9 Å². The molecule has 0 atom stereocenters. The van der Waals surface area contributed by atoms with Crippen LogP contribution in [0.2, 0.25) is 5.02 Å². The summed E-state index contributed by atoms with van der Waals surface area (Å²) >= 11 is 6.04. The summed E-state index contributed by atoms with van der Waals surface area (Å²) < 4.78 is 9.05. The monoisotopic (exact) mass is 457 g/mol. The van der Waals surface area contributed by atoms with Gasteiger partial charge in [-0.3, -0.25) is 4.79 Å². The fourth-order valence-corrected chi connectivity index (χ4v) is 3.82. The van der Waals surface area contributed by atoms with Gasteiger partial charge in [0.15, 0.2) is 11.5 Å². The molecule has 0 aliphatic carbocycles. The van der Waals surface area contributed by atoms with Crippen molar-refractivity contribution in [3.63, 3.8) is 0 Å². The second-order valence-electron chi connectivity index (χ2n) is 7.53. The molecule has 33 heavy (non-hydrogen) atoms. The zero-order valence-corrected chi connectivity index (χ0v) is 18.7. The fourth-order valence-electron chi connectivity index (χ4n) is 3.69. The summed E-state index contributed by atoms with van der Waals surface area (Å²) in [6.07, 6.45) is 1.58. The molecule has 0 fully saturated rings. The van der Waals surface area contributed by atoms with Gasteiger partial charge in [-0.25, -0.2) is 9.36 Å². The number of carbonyl (C=O) groups is 1. The molecule has 1 amide bonds. The summed E-state index contributed by atoms with van der Waals surface area (Å²) in [6, 6.07) is 22.3. The van der Waals surface area contributed by atoms with Crippen molar-refractivity contribution in [2.75, 3.05) is 5.32 Å². The lowest BCUT2D eigenvalue weighted by Gasteiger charge is -2.06. The molecule has 7 nitrogen and oxygen atoms in total. The average Bonchev–Trinajstić information content (AvgIpc) is 3.56. The molecule has 0 spiro atoms. The normalized spacial score (nSPS) is 11.0. The van der Waals surface area contributed by atoms with Crippen LogP contribution in [0.25, 0.3) is 22.8 Å². The summed E-state index contributed by atoms with van der Waals surface area (Å²) in [5, 5.41) is 12.8. The first kappa shape index (κ1) is 20.8. The van der Waals surface area contributed by atoms with Gasteiger partial charge in [0.1, 0.15) is 5.69 Å². The highest BCUT2D eigenvalue weighted by atomic mass is 35.5. The minimum atomic E-state index is -0.339. The summed E-state index contributed by atoms with van der Waals surface area (Å²) in [6.45, 7) is 3.78. The predicted octanol–water partition coefficient (Wildman–Crippen LogP) is 5.84. The van der Waals surface area contributed by atoms with E-state index < -0.39 is 0 Å². The van der Waals surface area contributed by atoms with Gasteiger partial charge >= 0.3 is 0 Å². The number of aryl methyl sites for hydroxylation is 1. The number of halogens is 1. The van der Waals surface area contributed by atoms with E-state index in [2.05, 4.69) is 15.5 Å². The molecule has 0 bridgehead atoms. The van der Waals surface area contributed by atoms with Crippen LogP contribution in [0.4, 0.5) is 5.69 Å². The van der Waals surface area contributed by atoms with Gasteiger partial charge in [0.2, 0.25) is 0 Å². The first-order valence-electron chi connectivity index (χ1n) is 10.3. The number of nitrogens with one attached hydrogen (secondary N) is 1. The van der Waals surface area contributed by atoms with Crippen molar-refractivity contribution in [3.05, 3.63) is 101 Å².